The molecule has 0 aliphatic carbocycles. The first-order chi connectivity index (χ1) is 13.7. The van der Waals surface area contributed by atoms with Crippen molar-refractivity contribution in [1.82, 2.24) is 4.90 Å². The monoisotopic (exact) mass is 405 g/mol. The summed E-state index contributed by atoms with van der Waals surface area (Å²) in [6.45, 7) is 5.11. The Labute approximate surface area is 175 Å². The second kappa shape index (κ2) is 13.1. The van der Waals surface area contributed by atoms with E-state index < -0.39 is 0 Å². The molecular weight excluding hydrogens is 366 g/mol. The van der Waals surface area contributed by atoms with Crippen LogP contribution < -0.4 is 0 Å². The molecule has 0 spiro atoms. The lowest BCUT2D eigenvalue weighted by Crippen LogP contribution is -2.34. The molecule has 0 saturated carbocycles. The number of amides is 2. The van der Waals surface area contributed by atoms with Crippen molar-refractivity contribution in [3.05, 3.63) is 21.9 Å². The lowest BCUT2D eigenvalue weighted by Gasteiger charge is -2.23. The van der Waals surface area contributed by atoms with Gasteiger partial charge in [-0.2, -0.15) is 11.3 Å². The molecule has 1 aliphatic rings. The Balaban J connectivity index is 1.80. The van der Waals surface area contributed by atoms with Crippen LogP contribution in [-0.4, -0.2) is 23.3 Å². The van der Waals surface area contributed by atoms with Gasteiger partial charge in [-0.25, -0.2) is 0 Å². The minimum atomic E-state index is -0.0721. The number of thiophene rings is 1. The third kappa shape index (κ3) is 7.02. The zero-order valence-electron chi connectivity index (χ0n) is 18.0. The standard InChI is InChI=1S/C24H39NO2S/c1-3-5-7-9-11-13-15-20(16-14-12-10-8-6-4-2)17-25-23(26)21-18-28-19-22(21)24(25)27/h18-20H,3-17H2,1-2H3. The fraction of sp³-hybridized carbons (Fsp3) is 0.750. The van der Waals surface area contributed by atoms with Gasteiger partial charge in [0.1, 0.15) is 0 Å². The lowest BCUT2D eigenvalue weighted by atomic mass is 9.93. The molecule has 4 heteroatoms. The van der Waals surface area contributed by atoms with Gasteiger partial charge in [0.05, 0.1) is 11.1 Å². The summed E-state index contributed by atoms with van der Waals surface area (Å²) in [6.07, 6.45) is 17.8. The van der Waals surface area contributed by atoms with E-state index in [1.54, 1.807) is 0 Å². The average molecular weight is 406 g/mol. The fourth-order valence-corrected chi connectivity index (χ4v) is 4.98. The molecule has 28 heavy (non-hydrogen) atoms. The number of carbonyl (C=O) groups is 2. The minimum absolute atomic E-state index is 0.0721. The Kier molecular flexibility index (Phi) is 10.8. The summed E-state index contributed by atoms with van der Waals surface area (Å²) in [6, 6.07) is 0. The highest BCUT2D eigenvalue weighted by atomic mass is 32.1. The summed E-state index contributed by atoms with van der Waals surface area (Å²) >= 11 is 1.45. The average Bonchev–Trinajstić information content (AvgIpc) is 3.26. The third-order valence-corrected chi connectivity index (χ3v) is 6.73. The first kappa shape index (κ1) is 23.1. The number of imide groups is 1. The summed E-state index contributed by atoms with van der Waals surface area (Å²) in [5.41, 5.74) is 1.24. The summed E-state index contributed by atoms with van der Waals surface area (Å²) in [5.74, 6) is 0.312. The number of rotatable bonds is 16. The number of nitrogens with zero attached hydrogens (tertiary/aromatic N) is 1. The number of unbranched alkanes of at least 4 members (excludes halogenated alkanes) is 10. The topological polar surface area (TPSA) is 37.4 Å². The molecule has 2 heterocycles. The van der Waals surface area contributed by atoms with E-state index in [-0.39, 0.29) is 11.8 Å². The Morgan fingerprint density at radius 1 is 0.714 bits per heavy atom. The number of carbonyl (C=O) groups excluding carboxylic acids is 2. The molecule has 0 aromatic carbocycles. The third-order valence-electron chi connectivity index (χ3n) is 5.99. The van der Waals surface area contributed by atoms with Gasteiger partial charge in [0.15, 0.2) is 0 Å². The summed E-state index contributed by atoms with van der Waals surface area (Å²) in [7, 11) is 0. The van der Waals surface area contributed by atoms with Crippen molar-refractivity contribution in [2.24, 2.45) is 5.92 Å². The van der Waals surface area contributed by atoms with Crippen molar-refractivity contribution in [2.75, 3.05) is 6.54 Å². The number of hydrogen-bond donors (Lipinski definition) is 0. The predicted molar refractivity (Wildman–Crippen MR) is 119 cm³/mol. The van der Waals surface area contributed by atoms with Gasteiger partial charge in [0.25, 0.3) is 11.8 Å². The summed E-state index contributed by atoms with van der Waals surface area (Å²) < 4.78 is 0. The van der Waals surface area contributed by atoms with Crippen molar-refractivity contribution in [2.45, 2.75) is 104 Å². The van der Waals surface area contributed by atoms with Crippen LogP contribution in [0.15, 0.2) is 10.8 Å². The molecule has 2 rings (SSSR count). The highest BCUT2D eigenvalue weighted by molar-refractivity contribution is 7.08. The molecular formula is C24H39NO2S. The molecule has 158 valence electrons. The number of hydrogen-bond acceptors (Lipinski definition) is 3. The minimum Gasteiger partial charge on any atom is -0.274 e. The van der Waals surface area contributed by atoms with Gasteiger partial charge < -0.3 is 0 Å². The van der Waals surface area contributed by atoms with Crippen LogP contribution in [0.5, 0.6) is 0 Å². The molecule has 0 atom stereocenters. The molecule has 3 nitrogen and oxygen atoms in total. The van der Waals surface area contributed by atoms with E-state index in [2.05, 4.69) is 13.8 Å². The maximum absolute atomic E-state index is 12.6. The van der Waals surface area contributed by atoms with E-state index in [0.717, 1.165) is 12.8 Å². The van der Waals surface area contributed by atoms with Crippen LogP contribution in [-0.2, 0) is 0 Å². The molecule has 1 aromatic heterocycles. The Morgan fingerprint density at radius 2 is 1.14 bits per heavy atom. The van der Waals surface area contributed by atoms with E-state index >= 15 is 0 Å². The van der Waals surface area contributed by atoms with Gasteiger partial charge in [-0.15, -0.1) is 0 Å². The van der Waals surface area contributed by atoms with E-state index in [1.165, 1.54) is 93.3 Å². The Bertz CT molecular complexity index is 549. The van der Waals surface area contributed by atoms with E-state index in [4.69, 9.17) is 0 Å². The molecule has 0 radical (unpaired) electrons. The van der Waals surface area contributed by atoms with Crippen LogP contribution in [0.1, 0.15) is 124 Å². The predicted octanol–water partition coefficient (Wildman–Crippen LogP) is 7.46. The second-order valence-corrected chi connectivity index (χ2v) is 9.14. The molecule has 0 saturated heterocycles. The van der Waals surface area contributed by atoms with Crippen LogP contribution in [0.2, 0.25) is 0 Å². The highest BCUT2D eigenvalue weighted by Gasteiger charge is 2.37. The maximum Gasteiger partial charge on any atom is 0.262 e. The van der Waals surface area contributed by atoms with Crippen molar-refractivity contribution < 1.29 is 9.59 Å². The van der Waals surface area contributed by atoms with Crippen molar-refractivity contribution in [3.8, 4) is 0 Å². The lowest BCUT2D eigenvalue weighted by molar-refractivity contribution is 0.0621. The first-order valence-corrected chi connectivity index (χ1v) is 12.6. The molecule has 0 N–H and O–H groups in total. The molecule has 2 amide bonds. The van der Waals surface area contributed by atoms with Crippen molar-refractivity contribution >= 4 is 23.2 Å². The van der Waals surface area contributed by atoms with Crippen molar-refractivity contribution in [1.29, 1.82) is 0 Å². The molecule has 0 unspecified atom stereocenters. The summed E-state index contributed by atoms with van der Waals surface area (Å²) in [5, 5.41) is 3.65. The smallest absolute Gasteiger partial charge is 0.262 e. The fourth-order valence-electron chi connectivity index (χ4n) is 4.19. The highest BCUT2D eigenvalue weighted by Crippen LogP contribution is 2.29. The summed E-state index contributed by atoms with van der Waals surface area (Å²) in [4.78, 5) is 26.7. The van der Waals surface area contributed by atoms with Crippen LogP contribution in [0.25, 0.3) is 0 Å². The van der Waals surface area contributed by atoms with Crippen LogP contribution in [0, 0.1) is 5.92 Å². The van der Waals surface area contributed by atoms with Gasteiger partial charge in [0.2, 0.25) is 0 Å². The molecule has 0 fully saturated rings. The molecule has 1 aromatic rings. The van der Waals surface area contributed by atoms with Crippen LogP contribution in [0.4, 0.5) is 0 Å². The quantitative estimate of drug-likeness (QED) is 0.211. The largest absolute Gasteiger partial charge is 0.274 e. The van der Waals surface area contributed by atoms with Gasteiger partial charge in [-0.05, 0) is 18.8 Å². The van der Waals surface area contributed by atoms with Crippen molar-refractivity contribution in [3.63, 3.8) is 0 Å². The van der Waals surface area contributed by atoms with E-state index in [9.17, 15) is 9.59 Å². The van der Waals surface area contributed by atoms with Gasteiger partial charge >= 0.3 is 0 Å². The maximum atomic E-state index is 12.6. The van der Waals surface area contributed by atoms with E-state index in [0.29, 0.717) is 23.6 Å². The SMILES string of the molecule is CCCCCCCCC(CCCCCCCC)CN1C(=O)c2cscc2C1=O. The second-order valence-electron chi connectivity index (χ2n) is 8.40. The van der Waals surface area contributed by atoms with Gasteiger partial charge in [-0.1, -0.05) is 90.9 Å². The zero-order valence-corrected chi connectivity index (χ0v) is 18.8. The first-order valence-electron chi connectivity index (χ1n) is 11.6. The van der Waals surface area contributed by atoms with Gasteiger partial charge in [0, 0.05) is 17.3 Å². The van der Waals surface area contributed by atoms with Gasteiger partial charge in [-0.3, -0.25) is 14.5 Å². The Morgan fingerprint density at radius 3 is 1.61 bits per heavy atom. The van der Waals surface area contributed by atoms with Crippen LogP contribution >= 0.6 is 11.3 Å². The molecule has 1 aliphatic heterocycles. The van der Waals surface area contributed by atoms with E-state index in [1.807, 2.05) is 10.8 Å². The normalized spacial score (nSPS) is 13.8. The zero-order chi connectivity index (χ0) is 20.2. The molecule has 0 bridgehead atoms. The van der Waals surface area contributed by atoms with Crippen LogP contribution in [0.3, 0.4) is 0 Å². The Hall–Kier alpha value is -1.16. The number of fused-ring (bicyclic) bond motifs is 1.